The second-order valence-electron chi connectivity index (χ2n) is 6.39. The predicted molar refractivity (Wildman–Crippen MR) is 116 cm³/mol. The number of methoxy groups -OCH3 is 2. The highest BCUT2D eigenvalue weighted by Crippen LogP contribution is 2.41. The van der Waals surface area contributed by atoms with Crippen LogP contribution in [0.3, 0.4) is 0 Å². The molecule has 0 atom stereocenters. The van der Waals surface area contributed by atoms with Crippen LogP contribution >= 0.6 is 23.2 Å². The van der Waals surface area contributed by atoms with Crippen LogP contribution in [0.1, 0.15) is 18.4 Å². The van der Waals surface area contributed by atoms with Crippen molar-refractivity contribution in [3.05, 3.63) is 52.5 Å². The third-order valence-corrected chi connectivity index (χ3v) is 4.47. The van der Waals surface area contributed by atoms with Gasteiger partial charge >= 0.3 is 6.18 Å². The second-order valence-corrected chi connectivity index (χ2v) is 7.40. The van der Waals surface area contributed by atoms with Crippen molar-refractivity contribution in [2.24, 2.45) is 0 Å². The molecule has 2 aromatic rings. The summed E-state index contributed by atoms with van der Waals surface area (Å²) in [6.07, 6.45) is -1.58. The zero-order valence-corrected chi connectivity index (χ0v) is 19.0. The summed E-state index contributed by atoms with van der Waals surface area (Å²) in [6.45, 7) is 0.869. The van der Waals surface area contributed by atoms with Crippen LogP contribution in [0.25, 0.3) is 0 Å². The minimum absolute atomic E-state index is 0.103. The summed E-state index contributed by atoms with van der Waals surface area (Å²) in [6, 6.07) is 7.89. The molecule has 0 fully saturated rings. The van der Waals surface area contributed by atoms with E-state index in [1.54, 1.807) is 12.1 Å². The van der Waals surface area contributed by atoms with E-state index >= 15 is 0 Å². The van der Waals surface area contributed by atoms with Crippen LogP contribution in [0.4, 0.5) is 13.2 Å². The molecular weight excluding hydrogens is 472 g/mol. The Morgan fingerprint density at radius 2 is 1.41 bits per heavy atom. The Bertz CT molecular complexity index is 857. The van der Waals surface area contributed by atoms with E-state index in [1.807, 2.05) is 0 Å². The van der Waals surface area contributed by atoms with Gasteiger partial charge in [-0.25, -0.2) is 0 Å². The topological polar surface area (TPSA) is 46.2 Å². The van der Waals surface area contributed by atoms with Crippen LogP contribution in [0.2, 0.25) is 0 Å². The lowest BCUT2D eigenvalue weighted by Crippen LogP contribution is -2.06. The van der Waals surface area contributed by atoms with E-state index in [0.29, 0.717) is 54.8 Å². The molecule has 10 heteroatoms. The van der Waals surface area contributed by atoms with Crippen LogP contribution in [0.15, 0.2) is 47.0 Å². The third-order valence-electron chi connectivity index (χ3n) is 4.16. The van der Waals surface area contributed by atoms with Gasteiger partial charge in [-0.2, -0.15) is 13.2 Å². The Morgan fingerprint density at radius 3 is 1.91 bits per heavy atom. The molecule has 0 amide bonds. The number of hydrogen-bond donors (Lipinski definition) is 0. The Kier molecular flexibility index (Phi) is 10.1. The summed E-state index contributed by atoms with van der Waals surface area (Å²) in [4.78, 5) is 0. The van der Waals surface area contributed by atoms with Crippen molar-refractivity contribution in [3.63, 3.8) is 0 Å². The number of halogens is 5. The van der Waals surface area contributed by atoms with Gasteiger partial charge in [0.2, 0.25) is 5.75 Å². The van der Waals surface area contributed by atoms with Gasteiger partial charge in [-0.3, -0.25) is 0 Å². The highest BCUT2D eigenvalue weighted by atomic mass is 35.5. The summed E-state index contributed by atoms with van der Waals surface area (Å²) < 4.78 is 65.4. The molecule has 0 aliphatic heterocycles. The maximum atomic E-state index is 12.6. The highest BCUT2D eigenvalue weighted by molar-refractivity contribution is 6.55. The van der Waals surface area contributed by atoms with Crippen molar-refractivity contribution < 1.29 is 36.9 Å². The predicted octanol–water partition coefficient (Wildman–Crippen LogP) is 6.66. The van der Waals surface area contributed by atoms with Gasteiger partial charge in [0.25, 0.3) is 0 Å². The Morgan fingerprint density at radius 1 is 0.844 bits per heavy atom. The molecule has 0 bridgehead atoms. The fourth-order valence-corrected chi connectivity index (χ4v) is 2.72. The Labute approximate surface area is 194 Å². The van der Waals surface area contributed by atoms with Gasteiger partial charge in [-0.05, 0) is 43.2 Å². The van der Waals surface area contributed by atoms with Gasteiger partial charge in [0.05, 0.1) is 33.0 Å². The van der Waals surface area contributed by atoms with Crippen molar-refractivity contribution in [1.29, 1.82) is 0 Å². The zero-order chi connectivity index (χ0) is 23.6. The second kappa shape index (κ2) is 12.6. The van der Waals surface area contributed by atoms with Crippen LogP contribution in [-0.4, -0.2) is 34.0 Å². The SMILES string of the molecule is COc1cc(OCC=C(Cl)Cl)cc(OC)c1OCCCCOc1ccc(C(F)(F)F)cc1. The van der Waals surface area contributed by atoms with Gasteiger partial charge in [-0.15, -0.1) is 0 Å². The molecule has 5 nitrogen and oxygen atoms in total. The lowest BCUT2D eigenvalue weighted by Gasteiger charge is -2.16. The fraction of sp³-hybridized carbons (Fsp3) is 0.364. The number of benzene rings is 2. The number of rotatable bonds is 12. The minimum Gasteiger partial charge on any atom is -0.494 e. The van der Waals surface area contributed by atoms with Crippen molar-refractivity contribution >= 4 is 23.2 Å². The molecule has 0 spiro atoms. The smallest absolute Gasteiger partial charge is 0.416 e. The van der Waals surface area contributed by atoms with Crippen molar-refractivity contribution in [1.82, 2.24) is 0 Å². The van der Waals surface area contributed by atoms with Crippen LogP contribution in [0, 0.1) is 0 Å². The summed E-state index contributed by atoms with van der Waals surface area (Å²) in [5.74, 6) is 2.16. The van der Waals surface area contributed by atoms with Gasteiger partial charge in [0, 0.05) is 12.1 Å². The summed E-state index contributed by atoms with van der Waals surface area (Å²) in [7, 11) is 3.00. The monoisotopic (exact) mass is 494 g/mol. The molecule has 0 radical (unpaired) electrons. The van der Waals surface area contributed by atoms with Gasteiger partial charge in [0.15, 0.2) is 11.5 Å². The first-order valence-electron chi connectivity index (χ1n) is 9.57. The molecule has 0 heterocycles. The van der Waals surface area contributed by atoms with Crippen molar-refractivity contribution in [2.75, 3.05) is 34.0 Å². The van der Waals surface area contributed by atoms with E-state index in [9.17, 15) is 13.2 Å². The molecular formula is C22H23Cl2F3O5. The highest BCUT2D eigenvalue weighted by Gasteiger charge is 2.30. The number of alkyl halides is 3. The average molecular weight is 495 g/mol. The lowest BCUT2D eigenvalue weighted by molar-refractivity contribution is -0.137. The first-order valence-corrected chi connectivity index (χ1v) is 10.3. The van der Waals surface area contributed by atoms with Crippen LogP contribution in [0.5, 0.6) is 28.7 Å². The van der Waals surface area contributed by atoms with E-state index in [1.165, 1.54) is 32.4 Å². The molecule has 0 saturated carbocycles. The van der Waals surface area contributed by atoms with E-state index in [4.69, 9.17) is 46.9 Å². The summed E-state index contributed by atoms with van der Waals surface area (Å²) in [5.41, 5.74) is -0.711. The molecule has 32 heavy (non-hydrogen) atoms. The van der Waals surface area contributed by atoms with Crippen molar-refractivity contribution in [2.45, 2.75) is 19.0 Å². The first-order chi connectivity index (χ1) is 15.2. The summed E-state index contributed by atoms with van der Waals surface area (Å²) in [5, 5.41) is 0. The molecule has 0 aliphatic carbocycles. The standard InChI is InChI=1S/C22H23Cl2F3O5/c1-28-18-13-17(31-12-9-20(23)24)14-19(29-2)21(18)32-11-4-3-10-30-16-7-5-15(6-8-16)22(25,26)27/h5-9,13-14H,3-4,10-12H2,1-2H3. The van der Waals surface area contributed by atoms with Crippen LogP contribution in [-0.2, 0) is 6.18 Å². The molecule has 176 valence electrons. The number of ether oxygens (including phenoxy) is 5. The average Bonchev–Trinajstić information content (AvgIpc) is 2.75. The quantitative estimate of drug-likeness (QED) is 0.308. The molecule has 0 aliphatic rings. The normalized spacial score (nSPS) is 11.0. The third kappa shape index (κ3) is 8.24. The minimum atomic E-state index is -4.36. The molecule has 0 N–H and O–H groups in total. The van der Waals surface area contributed by atoms with E-state index in [2.05, 4.69) is 0 Å². The first kappa shape index (κ1) is 25.8. The number of hydrogen-bond acceptors (Lipinski definition) is 5. The largest absolute Gasteiger partial charge is 0.494 e. The van der Waals surface area contributed by atoms with Gasteiger partial charge in [-0.1, -0.05) is 23.2 Å². The maximum Gasteiger partial charge on any atom is 0.416 e. The van der Waals surface area contributed by atoms with Gasteiger partial charge < -0.3 is 23.7 Å². The maximum absolute atomic E-state index is 12.6. The van der Waals surface area contributed by atoms with Crippen molar-refractivity contribution in [3.8, 4) is 28.7 Å². The number of unbranched alkanes of at least 4 members (excludes halogenated alkanes) is 1. The Balaban J connectivity index is 1.83. The van der Waals surface area contributed by atoms with Crippen LogP contribution < -0.4 is 23.7 Å². The fourth-order valence-electron chi connectivity index (χ4n) is 2.59. The molecule has 0 saturated heterocycles. The Hall–Kier alpha value is -2.45. The molecule has 2 aromatic carbocycles. The summed E-state index contributed by atoms with van der Waals surface area (Å²) >= 11 is 11.1. The van der Waals surface area contributed by atoms with E-state index in [0.717, 1.165) is 12.1 Å². The lowest BCUT2D eigenvalue weighted by atomic mass is 10.2. The molecule has 2 rings (SSSR count). The van der Waals surface area contributed by atoms with E-state index < -0.39 is 11.7 Å². The zero-order valence-electron chi connectivity index (χ0n) is 17.5. The molecule has 0 unspecified atom stereocenters. The molecule has 0 aromatic heterocycles. The van der Waals surface area contributed by atoms with Gasteiger partial charge in [0.1, 0.15) is 22.6 Å². The van der Waals surface area contributed by atoms with E-state index in [-0.39, 0.29) is 11.1 Å².